The molecule has 0 saturated heterocycles. The van der Waals surface area contributed by atoms with Crippen molar-refractivity contribution in [2.24, 2.45) is 0 Å². The number of hydrogen-bond donors (Lipinski definition) is 1. The van der Waals surface area contributed by atoms with Crippen LogP contribution in [0, 0.1) is 5.21 Å². The summed E-state index contributed by atoms with van der Waals surface area (Å²) in [6.45, 7) is 4.31. The van der Waals surface area contributed by atoms with Crippen LogP contribution >= 0.6 is 0 Å². The number of nitrogens with one attached hydrogen (secondary N) is 1. The molecule has 1 aliphatic heterocycles. The number of anilines is 1. The second-order valence-electron chi connectivity index (χ2n) is 6.94. The van der Waals surface area contributed by atoms with Gasteiger partial charge in [-0.3, -0.25) is 4.90 Å². The van der Waals surface area contributed by atoms with E-state index in [9.17, 15) is 27.6 Å². The van der Waals surface area contributed by atoms with E-state index >= 15 is 0 Å². The molecular weight excluding hydrogens is 370 g/mol. The molecule has 2 rings (SSSR count). The highest BCUT2D eigenvalue weighted by molar-refractivity contribution is 5.88. The molecule has 2 heterocycles. The lowest BCUT2D eigenvalue weighted by atomic mass is 10.1. The minimum Gasteiger partial charge on any atom is -0.629 e. The van der Waals surface area contributed by atoms with Crippen molar-refractivity contribution in [2.75, 3.05) is 18.5 Å². The first kappa shape index (κ1) is 20.8. The van der Waals surface area contributed by atoms with Crippen LogP contribution in [0.1, 0.15) is 32.2 Å². The zero-order chi connectivity index (χ0) is 20.6. The van der Waals surface area contributed by atoms with Gasteiger partial charge in [-0.25, -0.2) is 14.2 Å². The topological polar surface area (TPSA) is 69.9 Å². The van der Waals surface area contributed by atoms with Gasteiger partial charge in [-0.05, 0) is 39.0 Å². The van der Waals surface area contributed by atoms with E-state index in [1.807, 2.05) is 0 Å². The van der Waals surface area contributed by atoms with E-state index < -0.39 is 46.7 Å². The second kappa shape index (κ2) is 7.28. The van der Waals surface area contributed by atoms with E-state index in [2.05, 4.69) is 4.98 Å². The first-order valence-electron chi connectivity index (χ1n) is 7.94. The first-order chi connectivity index (χ1) is 12.3. The lowest BCUT2D eigenvalue weighted by Crippen LogP contribution is -3.02. The van der Waals surface area contributed by atoms with E-state index in [-0.39, 0.29) is 11.3 Å². The molecule has 1 aliphatic rings. The number of alkyl halides is 3. The van der Waals surface area contributed by atoms with Crippen molar-refractivity contribution in [3.63, 3.8) is 0 Å². The van der Waals surface area contributed by atoms with Crippen molar-refractivity contribution in [1.29, 1.82) is 0 Å². The first-order valence-corrected chi connectivity index (χ1v) is 7.94. The molecule has 1 unspecified atom stereocenters. The van der Waals surface area contributed by atoms with Gasteiger partial charge in [0.2, 0.25) is 0 Å². The van der Waals surface area contributed by atoms with Crippen molar-refractivity contribution >= 4 is 17.4 Å². The molecule has 1 aromatic rings. The van der Waals surface area contributed by atoms with Crippen LogP contribution in [0.2, 0.25) is 0 Å². The van der Waals surface area contributed by atoms with E-state index in [1.165, 1.54) is 6.07 Å². The highest BCUT2D eigenvalue weighted by Crippen LogP contribution is 2.36. The standard InChI is InChI=1S/C17H19F4N3O3/c1-16(2,3)27-15(25)23(4)13-6-5-12(22-14(13)17(19,20)21)10-7-11(18)9-24(26)8-10/h5-8,24H,9H2,1-4H3. The van der Waals surface area contributed by atoms with Gasteiger partial charge in [-0.1, -0.05) is 0 Å². The molecule has 27 heavy (non-hydrogen) atoms. The normalized spacial score (nSPS) is 17.9. The molecule has 0 bridgehead atoms. The van der Waals surface area contributed by atoms with Crippen molar-refractivity contribution < 1.29 is 32.2 Å². The Morgan fingerprint density at radius 3 is 2.44 bits per heavy atom. The maximum absolute atomic E-state index is 13.5. The summed E-state index contributed by atoms with van der Waals surface area (Å²) in [6.07, 6.45) is -3.88. The lowest BCUT2D eigenvalue weighted by Gasteiger charge is -2.26. The summed E-state index contributed by atoms with van der Waals surface area (Å²) in [5, 5.41) is 10.9. The van der Waals surface area contributed by atoms with Crippen LogP contribution in [-0.2, 0) is 10.9 Å². The highest BCUT2D eigenvalue weighted by Gasteiger charge is 2.38. The van der Waals surface area contributed by atoms with Crippen molar-refractivity contribution in [2.45, 2.75) is 32.5 Å². The number of carbonyl (C=O) groups is 1. The quantitative estimate of drug-likeness (QED) is 0.624. The zero-order valence-electron chi connectivity index (χ0n) is 15.1. The number of hydrogen-bond acceptors (Lipinski definition) is 4. The summed E-state index contributed by atoms with van der Waals surface area (Å²) in [7, 11) is 1.13. The summed E-state index contributed by atoms with van der Waals surface area (Å²) in [4.78, 5) is 16.3. The van der Waals surface area contributed by atoms with Gasteiger partial charge < -0.3 is 15.0 Å². The number of pyridine rings is 1. The zero-order valence-corrected chi connectivity index (χ0v) is 15.1. The number of amides is 1. The third-order valence-electron chi connectivity index (χ3n) is 3.44. The molecule has 0 spiro atoms. The second-order valence-corrected chi connectivity index (χ2v) is 6.94. The highest BCUT2D eigenvalue weighted by atomic mass is 19.4. The number of halogens is 4. The predicted octanol–water partition coefficient (Wildman–Crippen LogP) is 3.06. The minimum atomic E-state index is -4.89. The Morgan fingerprint density at radius 1 is 1.30 bits per heavy atom. The Balaban J connectivity index is 2.47. The van der Waals surface area contributed by atoms with Gasteiger partial charge in [0.25, 0.3) is 0 Å². The fourth-order valence-electron chi connectivity index (χ4n) is 2.32. The fraction of sp³-hybridized carbons (Fsp3) is 0.412. The monoisotopic (exact) mass is 389 g/mol. The molecule has 6 nitrogen and oxygen atoms in total. The Hall–Kier alpha value is -2.46. The Labute approximate surface area is 153 Å². The van der Waals surface area contributed by atoms with E-state index in [0.717, 1.165) is 25.4 Å². The number of allylic oxidation sites excluding steroid dienone is 2. The molecule has 10 heteroatoms. The third kappa shape index (κ3) is 5.27. The molecule has 0 aromatic carbocycles. The van der Waals surface area contributed by atoms with E-state index in [0.29, 0.717) is 4.90 Å². The van der Waals surface area contributed by atoms with Gasteiger partial charge in [0.15, 0.2) is 11.5 Å². The predicted molar refractivity (Wildman–Crippen MR) is 90.2 cm³/mol. The number of quaternary nitrogens is 1. The maximum Gasteiger partial charge on any atom is 0.435 e. The average molecular weight is 389 g/mol. The van der Waals surface area contributed by atoms with E-state index in [4.69, 9.17) is 4.74 Å². The molecule has 0 saturated carbocycles. The van der Waals surface area contributed by atoms with Crippen LogP contribution in [0.4, 0.5) is 28.0 Å². The van der Waals surface area contributed by atoms with Crippen LogP contribution in [0.25, 0.3) is 5.57 Å². The minimum absolute atomic E-state index is 0.0688. The van der Waals surface area contributed by atoms with Crippen molar-refractivity contribution in [3.05, 3.63) is 46.8 Å². The van der Waals surface area contributed by atoms with Crippen molar-refractivity contribution in [3.8, 4) is 0 Å². The summed E-state index contributed by atoms with van der Waals surface area (Å²) in [5.41, 5.74) is -3.06. The smallest absolute Gasteiger partial charge is 0.435 e. The van der Waals surface area contributed by atoms with E-state index in [1.54, 1.807) is 20.8 Å². The summed E-state index contributed by atoms with van der Waals surface area (Å²) in [5.74, 6) is -0.761. The van der Waals surface area contributed by atoms with Gasteiger partial charge in [-0.15, -0.1) is 0 Å². The van der Waals surface area contributed by atoms with Gasteiger partial charge in [-0.2, -0.15) is 13.2 Å². The lowest BCUT2D eigenvalue weighted by molar-refractivity contribution is -0.786. The molecule has 0 radical (unpaired) electrons. The summed E-state index contributed by atoms with van der Waals surface area (Å²) in [6, 6.07) is 2.21. The molecule has 1 amide bonds. The molecule has 0 aliphatic carbocycles. The number of carbonyl (C=O) groups excluding carboxylic acids is 1. The molecule has 1 atom stereocenters. The number of ether oxygens (including phenoxy) is 1. The molecule has 1 N–H and O–H groups in total. The van der Waals surface area contributed by atoms with Crippen molar-refractivity contribution in [1.82, 2.24) is 4.98 Å². The molecule has 0 fully saturated rings. The number of aromatic nitrogens is 1. The van der Waals surface area contributed by atoms with Gasteiger partial charge in [0, 0.05) is 7.05 Å². The SMILES string of the molecule is CN(C(=O)OC(C)(C)C)c1ccc(C2=C[NH+]([O-])CC(F)=C2)nc1C(F)(F)F. The number of rotatable bonds is 2. The third-order valence-corrected chi connectivity index (χ3v) is 3.44. The number of nitrogens with zero attached hydrogens (tertiary/aromatic N) is 2. The summed E-state index contributed by atoms with van der Waals surface area (Å²) < 4.78 is 59.0. The van der Waals surface area contributed by atoms with Gasteiger partial charge >= 0.3 is 12.3 Å². The fourth-order valence-corrected chi connectivity index (χ4v) is 2.32. The maximum atomic E-state index is 13.5. The summed E-state index contributed by atoms with van der Waals surface area (Å²) >= 11 is 0. The Morgan fingerprint density at radius 2 is 1.93 bits per heavy atom. The van der Waals surface area contributed by atoms with Crippen LogP contribution < -0.4 is 9.96 Å². The molecular formula is C17H19F4N3O3. The average Bonchev–Trinajstić information content (AvgIpc) is 2.50. The molecule has 1 aromatic heterocycles. The Kier molecular flexibility index (Phi) is 5.62. The number of hydroxylamine groups is 2. The van der Waals surface area contributed by atoms with Crippen LogP contribution in [-0.4, -0.2) is 30.3 Å². The Bertz CT molecular complexity index is 798. The van der Waals surface area contributed by atoms with Crippen LogP contribution in [0.15, 0.2) is 30.2 Å². The largest absolute Gasteiger partial charge is 0.629 e. The van der Waals surface area contributed by atoms with Crippen LogP contribution in [0.5, 0.6) is 0 Å². The van der Waals surface area contributed by atoms with Crippen LogP contribution in [0.3, 0.4) is 0 Å². The molecule has 148 valence electrons. The van der Waals surface area contributed by atoms with Gasteiger partial charge in [0.05, 0.1) is 17.0 Å². The van der Waals surface area contributed by atoms with Gasteiger partial charge in [0.1, 0.15) is 18.3 Å².